The van der Waals surface area contributed by atoms with Crippen LogP contribution in [-0.4, -0.2) is 22.7 Å². The van der Waals surface area contributed by atoms with E-state index in [0.717, 1.165) is 18.7 Å². The first kappa shape index (κ1) is 20.0. The molecule has 1 fully saturated rings. The van der Waals surface area contributed by atoms with Crippen LogP contribution in [0.3, 0.4) is 0 Å². The lowest BCUT2D eigenvalue weighted by Crippen LogP contribution is -2.32. The maximum atomic E-state index is 12.3. The molecule has 1 aliphatic carbocycles. The van der Waals surface area contributed by atoms with Crippen LogP contribution in [-0.2, 0) is 4.79 Å². The van der Waals surface area contributed by atoms with E-state index in [-0.39, 0.29) is 17.9 Å². The normalized spacial score (nSPS) is 15.0. The van der Waals surface area contributed by atoms with Crippen LogP contribution in [0.2, 0.25) is 10.0 Å². The topological polar surface area (TPSA) is 77.2 Å². The Bertz CT molecular complexity index is 790. The van der Waals surface area contributed by atoms with Crippen molar-refractivity contribution >= 4 is 29.1 Å². The van der Waals surface area contributed by atoms with Gasteiger partial charge in [-0.2, -0.15) is 4.98 Å². The summed E-state index contributed by atoms with van der Waals surface area (Å²) < 4.78 is 11.0. The monoisotopic (exact) mass is 411 g/mol. The lowest BCUT2D eigenvalue weighted by atomic mass is 10.0. The van der Waals surface area contributed by atoms with Gasteiger partial charge < -0.3 is 14.6 Å². The van der Waals surface area contributed by atoms with Gasteiger partial charge >= 0.3 is 0 Å². The molecule has 1 atom stereocenters. The highest BCUT2D eigenvalue weighted by Gasteiger charge is 2.31. The summed E-state index contributed by atoms with van der Waals surface area (Å²) in [6.07, 6.45) is 3.11. The lowest BCUT2D eigenvalue weighted by molar-refractivity contribution is -0.122. The highest BCUT2D eigenvalue weighted by Crippen LogP contribution is 2.38. The Hall–Kier alpha value is -1.79. The smallest absolute Gasteiger partial charge is 0.249 e. The van der Waals surface area contributed by atoms with Gasteiger partial charge in [-0.1, -0.05) is 42.2 Å². The zero-order chi connectivity index (χ0) is 19.4. The van der Waals surface area contributed by atoms with Crippen LogP contribution in [0.15, 0.2) is 22.7 Å². The van der Waals surface area contributed by atoms with E-state index in [1.807, 2.05) is 13.8 Å². The SMILES string of the molecule is CC(C)C(NC(=O)CCCOc1ccc(Cl)cc1Cl)c1nc(C2CC2)no1. The van der Waals surface area contributed by atoms with Gasteiger partial charge in [-0.25, -0.2) is 0 Å². The number of carbonyl (C=O) groups excluding carboxylic acids is 1. The van der Waals surface area contributed by atoms with E-state index in [4.69, 9.17) is 32.5 Å². The maximum absolute atomic E-state index is 12.3. The highest BCUT2D eigenvalue weighted by atomic mass is 35.5. The van der Waals surface area contributed by atoms with Gasteiger partial charge in [0.2, 0.25) is 11.8 Å². The zero-order valence-electron chi connectivity index (χ0n) is 15.4. The fourth-order valence-electron chi connectivity index (χ4n) is 2.65. The predicted octanol–water partition coefficient (Wildman–Crippen LogP) is 4.93. The van der Waals surface area contributed by atoms with Crippen LogP contribution < -0.4 is 10.1 Å². The van der Waals surface area contributed by atoms with Gasteiger partial charge in [0.1, 0.15) is 11.8 Å². The molecule has 0 saturated heterocycles. The minimum atomic E-state index is -0.288. The van der Waals surface area contributed by atoms with Crippen molar-refractivity contribution in [3.8, 4) is 5.75 Å². The van der Waals surface area contributed by atoms with Gasteiger partial charge in [-0.05, 0) is 43.4 Å². The lowest BCUT2D eigenvalue weighted by Gasteiger charge is -2.18. The quantitative estimate of drug-likeness (QED) is 0.591. The average molecular weight is 412 g/mol. The van der Waals surface area contributed by atoms with E-state index < -0.39 is 0 Å². The number of hydrogen-bond acceptors (Lipinski definition) is 5. The summed E-state index contributed by atoms with van der Waals surface area (Å²) in [6.45, 7) is 4.41. The summed E-state index contributed by atoms with van der Waals surface area (Å²) in [5.41, 5.74) is 0. The van der Waals surface area contributed by atoms with E-state index in [1.54, 1.807) is 18.2 Å². The van der Waals surface area contributed by atoms with Crippen molar-refractivity contribution < 1.29 is 14.1 Å². The third-order valence-corrected chi connectivity index (χ3v) is 4.88. The van der Waals surface area contributed by atoms with E-state index >= 15 is 0 Å². The van der Waals surface area contributed by atoms with Crippen molar-refractivity contribution in [2.45, 2.75) is 51.5 Å². The first-order valence-corrected chi connectivity index (χ1v) is 9.90. The molecule has 3 rings (SSSR count). The van der Waals surface area contributed by atoms with E-state index in [0.29, 0.717) is 47.1 Å². The van der Waals surface area contributed by atoms with Crippen molar-refractivity contribution in [1.82, 2.24) is 15.5 Å². The second kappa shape index (κ2) is 8.93. The summed E-state index contributed by atoms with van der Waals surface area (Å²) in [5, 5.41) is 8.03. The Balaban J connectivity index is 1.46. The van der Waals surface area contributed by atoms with Crippen molar-refractivity contribution in [2.24, 2.45) is 5.92 Å². The second-order valence-electron chi connectivity index (χ2n) is 7.08. The first-order valence-electron chi connectivity index (χ1n) is 9.14. The van der Waals surface area contributed by atoms with Gasteiger partial charge in [0, 0.05) is 17.4 Å². The molecule has 1 amide bonds. The van der Waals surface area contributed by atoms with Gasteiger partial charge in [0.05, 0.1) is 11.6 Å². The molecular weight excluding hydrogens is 389 g/mol. The molecule has 8 heteroatoms. The van der Waals surface area contributed by atoms with E-state index in [9.17, 15) is 4.79 Å². The number of nitrogens with one attached hydrogen (secondary N) is 1. The Morgan fingerprint density at radius 1 is 1.37 bits per heavy atom. The molecule has 2 aromatic rings. The second-order valence-corrected chi connectivity index (χ2v) is 7.92. The molecule has 0 spiro atoms. The highest BCUT2D eigenvalue weighted by molar-refractivity contribution is 6.35. The number of hydrogen-bond donors (Lipinski definition) is 1. The Morgan fingerprint density at radius 2 is 2.15 bits per heavy atom. The summed E-state index contributed by atoms with van der Waals surface area (Å²) in [4.78, 5) is 16.8. The van der Waals surface area contributed by atoms with Crippen molar-refractivity contribution in [2.75, 3.05) is 6.61 Å². The first-order chi connectivity index (χ1) is 12.9. The molecule has 1 aromatic heterocycles. The number of rotatable bonds is 9. The van der Waals surface area contributed by atoms with Crippen LogP contribution in [0.5, 0.6) is 5.75 Å². The minimum absolute atomic E-state index is 0.0781. The molecule has 1 N–H and O–H groups in total. The molecule has 6 nitrogen and oxygen atoms in total. The number of aromatic nitrogens is 2. The van der Waals surface area contributed by atoms with E-state index in [2.05, 4.69) is 15.5 Å². The summed E-state index contributed by atoms with van der Waals surface area (Å²) in [7, 11) is 0. The number of amides is 1. The maximum Gasteiger partial charge on any atom is 0.249 e. The van der Waals surface area contributed by atoms with Crippen LogP contribution in [0, 0.1) is 5.92 Å². The fraction of sp³-hybridized carbons (Fsp3) is 0.526. The van der Waals surface area contributed by atoms with Crippen LogP contribution in [0.1, 0.15) is 63.2 Å². The molecule has 0 bridgehead atoms. The largest absolute Gasteiger partial charge is 0.492 e. The Kier molecular flexibility index (Phi) is 6.60. The number of benzene rings is 1. The molecule has 1 aliphatic rings. The zero-order valence-corrected chi connectivity index (χ0v) is 16.9. The Labute approximate surface area is 168 Å². The van der Waals surface area contributed by atoms with Crippen molar-refractivity contribution in [1.29, 1.82) is 0 Å². The molecule has 0 radical (unpaired) electrons. The average Bonchev–Trinajstić information content (AvgIpc) is 3.35. The minimum Gasteiger partial charge on any atom is -0.492 e. The van der Waals surface area contributed by atoms with Gasteiger partial charge in [-0.15, -0.1) is 0 Å². The van der Waals surface area contributed by atoms with Gasteiger partial charge in [-0.3, -0.25) is 4.79 Å². The Morgan fingerprint density at radius 3 is 2.81 bits per heavy atom. The van der Waals surface area contributed by atoms with Crippen LogP contribution in [0.4, 0.5) is 0 Å². The molecule has 1 aromatic carbocycles. The third-order valence-electron chi connectivity index (χ3n) is 4.35. The predicted molar refractivity (Wildman–Crippen MR) is 103 cm³/mol. The van der Waals surface area contributed by atoms with Crippen LogP contribution >= 0.6 is 23.2 Å². The molecule has 27 heavy (non-hydrogen) atoms. The summed E-state index contributed by atoms with van der Waals surface area (Å²) in [6, 6.07) is 4.76. The molecule has 0 aliphatic heterocycles. The summed E-state index contributed by atoms with van der Waals surface area (Å²) >= 11 is 11.9. The third kappa shape index (κ3) is 5.59. The molecular formula is C19H23Cl2N3O3. The molecule has 1 heterocycles. The fourth-order valence-corrected chi connectivity index (χ4v) is 3.11. The van der Waals surface area contributed by atoms with Crippen LogP contribution in [0.25, 0.3) is 0 Å². The van der Waals surface area contributed by atoms with Crippen molar-refractivity contribution in [3.05, 3.63) is 40.0 Å². The standard InChI is InChI=1S/C19H23Cl2N3O3/c1-11(2)17(19-23-18(24-27-19)12-5-6-12)22-16(25)4-3-9-26-15-8-7-13(20)10-14(15)21/h7-8,10-12,17H,3-6,9H2,1-2H3,(H,22,25). The molecule has 1 unspecified atom stereocenters. The summed E-state index contributed by atoms with van der Waals surface area (Å²) in [5.74, 6) is 2.27. The van der Waals surface area contributed by atoms with E-state index in [1.165, 1.54) is 0 Å². The van der Waals surface area contributed by atoms with Crippen molar-refractivity contribution in [3.63, 3.8) is 0 Å². The number of carbonyl (C=O) groups is 1. The van der Waals surface area contributed by atoms with Gasteiger partial charge in [0.25, 0.3) is 0 Å². The number of ether oxygens (including phenoxy) is 1. The van der Waals surface area contributed by atoms with Gasteiger partial charge in [0.15, 0.2) is 5.82 Å². The number of halogens is 2. The number of nitrogens with zero attached hydrogens (tertiary/aromatic N) is 2. The molecule has 1 saturated carbocycles. The molecule has 146 valence electrons.